The molecule has 1 aliphatic rings. The summed E-state index contributed by atoms with van der Waals surface area (Å²) in [5.74, 6) is -0.184. The van der Waals surface area contributed by atoms with Gasteiger partial charge in [-0.15, -0.1) is 0 Å². The van der Waals surface area contributed by atoms with Gasteiger partial charge in [-0.3, -0.25) is 4.79 Å². The second-order valence-electron chi connectivity index (χ2n) is 4.28. The summed E-state index contributed by atoms with van der Waals surface area (Å²) in [4.78, 5) is 11.3. The molecule has 1 N–H and O–H groups in total. The summed E-state index contributed by atoms with van der Waals surface area (Å²) in [6, 6.07) is 0. The van der Waals surface area contributed by atoms with Crippen molar-refractivity contribution in [2.75, 3.05) is 26.3 Å². The minimum Gasteiger partial charge on any atom is -0.466 e. The number of carbonyl (C=O) groups is 1. The molecular weight excluding hydrogens is 206 g/mol. The molecule has 0 aromatic heterocycles. The quantitative estimate of drug-likeness (QED) is 0.529. The normalized spacial score (nSPS) is 22.0. The van der Waals surface area contributed by atoms with Crippen molar-refractivity contribution in [3.05, 3.63) is 0 Å². The number of ether oxygens (including phenoxy) is 2. The van der Waals surface area contributed by atoms with E-state index in [-0.39, 0.29) is 11.9 Å². The molecule has 4 nitrogen and oxygen atoms in total. The van der Waals surface area contributed by atoms with Crippen molar-refractivity contribution in [1.82, 2.24) is 5.32 Å². The highest BCUT2D eigenvalue weighted by molar-refractivity contribution is 5.72. The Hall–Kier alpha value is -0.610. The van der Waals surface area contributed by atoms with Gasteiger partial charge < -0.3 is 14.8 Å². The first-order valence-electron chi connectivity index (χ1n) is 6.23. The Morgan fingerprint density at radius 3 is 3.06 bits per heavy atom. The molecule has 94 valence electrons. The van der Waals surface area contributed by atoms with Crippen molar-refractivity contribution >= 4 is 5.97 Å². The van der Waals surface area contributed by atoms with Crippen LogP contribution < -0.4 is 5.32 Å². The van der Waals surface area contributed by atoms with Crippen molar-refractivity contribution in [3.8, 4) is 0 Å². The fourth-order valence-corrected chi connectivity index (χ4v) is 1.82. The second kappa shape index (κ2) is 7.63. The van der Waals surface area contributed by atoms with Crippen LogP contribution in [0.4, 0.5) is 0 Å². The van der Waals surface area contributed by atoms with Crippen LogP contribution in [0.3, 0.4) is 0 Å². The predicted octanol–water partition coefficient (Wildman–Crippen LogP) is 1.34. The minimum absolute atomic E-state index is 0.0653. The van der Waals surface area contributed by atoms with Gasteiger partial charge in [0, 0.05) is 13.2 Å². The van der Waals surface area contributed by atoms with E-state index < -0.39 is 0 Å². The average Bonchev–Trinajstić information content (AvgIpc) is 2.77. The Bertz CT molecular complexity index is 202. The van der Waals surface area contributed by atoms with E-state index in [2.05, 4.69) is 5.32 Å². The molecule has 0 radical (unpaired) electrons. The lowest BCUT2D eigenvalue weighted by Crippen LogP contribution is -2.29. The summed E-state index contributed by atoms with van der Waals surface area (Å²) >= 11 is 0. The van der Waals surface area contributed by atoms with Crippen LogP contribution in [0.2, 0.25) is 0 Å². The van der Waals surface area contributed by atoms with Crippen LogP contribution in [0.25, 0.3) is 0 Å². The molecule has 0 aromatic rings. The maximum Gasteiger partial charge on any atom is 0.309 e. The molecule has 1 aliphatic heterocycles. The zero-order chi connectivity index (χ0) is 11.8. The maximum absolute atomic E-state index is 11.3. The highest BCUT2D eigenvalue weighted by Gasteiger charge is 2.16. The molecule has 1 fully saturated rings. The molecule has 2 atom stereocenters. The molecule has 16 heavy (non-hydrogen) atoms. The van der Waals surface area contributed by atoms with Crippen molar-refractivity contribution in [2.45, 2.75) is 39.2 Å². The first kappa shape index (κ1) is 13.5. The molecule has 2 unspecified atom stereocenters. The van der Waals surface area contributed by atoms with Gasteiger partial charge in [0.2, 0.25) is 0 Å². The minimum atomic E-state index is -0.118. The summed E-state index contributed by atoms with van der Waals surface area (Å²) in [6.45, 7) is 6.68. The topological polar surface area (TPSA) is 47.6 Å². The molecule has 0 aromatic carbocycles. The van der Waals surface area contributed by atoms with Gasteiger partial charge in [0.1, 0.15) is 0 Å². The SMILES string of the molecule is CCOC(=O)C(C)CNCCC1CCCO1. The van der Waals surface area contributed by atoms with Gasteiger partial charge in [-0.25, -0.2) is 0 Å². The third kappa shape index (κ3) is 4.94. The van der Waals surface area contributed by atoms with Crippen molar-refractivity contribution < 1.29 is 14.3 Å². The van der Waals surface area contributed by atoms with E-state index in [1.807, 2.05) is 13.8 Å². The number of hydrogen-bond acceptors (Lipinski definition) is 4. The zero-order valence-electron chi connectivity index (χ0n) is 10.3. The smallest absolute Gasteiger partial charge is 0.309 e. The van der Waals surface area contributed by atoms with Crippen LogP contribution in [-0.2, 0) is 14.3 Å². The molecule has 0 bridgehead atoms. The summed E-state index contributed by atoms with van der Waals surface area (Å²) in [5.41, 5.74) is 0. The van der Waals surface area contributed by atoms with Crippen LogP contribution >= 0.6 is 0 Å². The fourth-order valence-electron chi connectivity index (χ4n) is 1.82. The highest BCUT2D eigenvalue weighted by atomic mass is 16.5. The fraction of sp³-hybridized carbons (Fsp3) is 0.917. The number of nitrogens with one attached hydrogen (secondary N) is 1. The Morgan fingerprint density at radius 1 is 1.62 bits per heavy atom. The maximum atomic E-state index is 11.3. The van der Waals surface area contributed by atoms with E-state index in [0.29, 0.717) is 19.3 Å². The summed E-state index contributed by atoms with van der Waals surface area (Å²) < 4.78 is 10.4. The van der Waals surface area contributed by atoms with Crippen molar-refractivity contribution in [3.63, 3.8) is 0 Å². The second-order valence-corrected chi connectivity index (χ2v) is 4.28. The van der Waals surface area contributed by atoms with Crippen LogP contribution in [0.5, 0.6) is 0 Å². The van der Waals surface area contributed by atoms with Crippen LogP contribution in [0.15, 0.2) is 0 Å². The first-order chi connectivity index (χ1) is 7.74. The van der Waals surface area contributed by atoms with Gasteiger partial charge in [0.15, 0.2) is 0 Å². The van der Waals surface area contributed by atoms with Gasteiger partial charge in [-0.2, -0.15) is 0 Å². The van der Waals surface area contributed by atoms with Crippen molar-refractivity contribution in [2.24, 2.45) is 5.92 Å². The van der Waals surface area contributed by atoms with Crippen LogP contribution in [-0.4, -0.2) is 38.4 Å². The lowest BCUT2D eigenvalue weighted by molar-refractivity contribution is -0.147. The Balaban J connectivity index is 1.99. The van der Waals surface area contributed by atoms with Gasteiger partial charge in [-0.1, -0.05) is 6.92 Å². The van der Waals surface area contributed by atoms with E-state index in [1.165, 1.54) is 12.8 Å². The van der Waals surface area contributed by atoms with Crippen molar-refractivity contribution in [1.29, 1.82) is 0 Å². The molecule has 0 spiro atoms. The molecule has 1 saturated heterocycles. The largest absolute Gasteiger partial charge is 0.466 e. The lowest BCUT2D eigenvalue weighted by atomic mass is 10.1. The van der Waals surface area contributed by atoms with Crippen LogP contribution in [0, 0.1) is 5.92 Å². The third-order valence-electron chi connectivity index (χ3n) is 2.81. The predicted molar refractivity (Wildman–Crippen MR) is 62.3 cm³/mol. The van der Waals surface area contributed by atoms with E-state index in [0.717, 1.165) is 19.6 Å². The lowest BCUT2D eigenvalue weighted by Gasteiger charge is -2.13. The summed E-state index contributed by atoms with van der Waals surface area (Å²) in [5, 5.41) is 3.27. The monoisotopic (exact) mass is 229 g/mol. The molecule has 0 amide bonds. The highest BCUT2D eigenvalue weighted by Crippen LogP contribution is 2.14. The van der Waals surface area contributed by atoms with E-state index in [1.54, 1.807) is 0 Å². The Labute approximate surface area is 97.7 Å². The number of esters is 1. The Morgan fingerprint density at radius 2 is 2.44 bits per heavy atom. The molecular formula is C12H23NO3. The van der Waals surface area contributed by atoms with E-state index >= 15 is 0 Å². The van der Waals surface area contributed by atoms with Gasteiger partial charge in [0.25, 0.3) is 0 Å². The van der Waals surface area contributed by atoms with E-state index in [9.17, 15) is 4.79 Å². The Kier molecular flexibility index (Phi) is 6.42. The van der Waals surface area contributed by atoms with Crippen LogP contribution in [0.1, 0.15) is 33.1 Å². The standard InChI is InChI=1S/C12H23NO3/c1-3-15-12(14)10(2)9-13-7-6-11-5-4-8-16-11/h10-11,13H,3-9H2,1-2H3. The molecule has 0 saturated carbocycles. The third-order valence-corrected chi connectivity index (χ3v) is 2.81. The average molecular weight is 229 g/mol. The molecule has 0 aliphatic carbocycles. The van der Waals surface area contributed by atoms with Gasteiger partial charge in [-0.05, 0) is 32.7 Å². The van der Waals surface area contributed by atoms with Gasteiger partial charge >= 0.3 is 5.97 Å². The number of hydrogen-bond donors (Lipinski definition) is 1. The van der Waals surface area contributed by atoms with E-state index in [4.69, 9.17) is 9.47 Å². The zero-order valence-corrected chi connectivity index (χ0v) is 10.3. The summed E-state index contributed by atoms with van der Waals surface area (Å²) in [7, 11) is 0. The molecule has 4 heteroatoms. The first-order valence-corrected chi connectivity index (χ1v) is 6.23. The number of rotatable bonds is 7. The molecule has 1 heterocycles. The number of carbonyl (C=O) groups excluding carboxylic acids is 1. The molecule has 1 rings (SSSR count). The summed E-state index contributed by atoms with van der Waals surface area (Å²) in [6.07, 6.45) is 3.82. The van der Waals surface area contributed by atoms with Gasteiger partial charge in [0.05, 0.1) is 18.6 Å².